The fraction of sp³-hybridized carbons (Fsp3) is 0.606. The van der Waals surface area contributed by atoms with Crippen molar-refractivity contribution in [1.82, 2.24) is 24.9 Å². The van der Waals surface area contributed by atoms with Gasteiger partial charge in [-0.2, -0.15) is 5.10 Å². The Kier molecular flexibility index (Phi) is 11.5. The number of piperazine rings is 1. The van der Waals surface area contributed by atoms with Gasteiger partial charge in [0, 0.05) is 69.3 Å². The van der Waals surface area contributed by atoms with Gasteiger partial charge < -0.3 is 20.4 Å². The maximum absolute atomic E-state index is 13.7. The van der Waals surface area contributed by atoms with Crippen molar-refractivity contribution in [2.24, 2.45) is 11.8 Å². The van der Waals surface area contributed by atoms with Crippen LogP contribution in [0.3, 0.4) is 0 Å². The Morgan fingerprint density at radius 1 is 0.953 bits per heavy atom. The highest BCUT2D eigenvalue weighted by atomic mass is 16.2. The topological polar surface area (TPSA) is 117 Å². The number of hydrogen-bond acceptors (Lipinski definition) is 6. The lowest BCUT2D eigenvalue weighted by molar-refractivity contribution is -0.138. The molecule has 0 spiro atoms. The van der Waals surface area contributed by atoms with Crippen molar-refractivity contribution in [3.63, 3.8) is 0 Å². The minimum atomic E-state index is -0.672. The summed E-state index contributed by atoms with van der Waals surface area (Å²) >= 11 is 0. The number of likely N-dealkylation sites (N-methyl/N-ethyl adjacent to an activating group) is 1. The summed E-state index contributed by atoms with van der Waals surface area (Å²) in [4.78, 5) is 56.9. The molecule has 1 aromatic carbocycles. The van der Waals surface area contributed by atoms with Crippen LogP contribution in [0.2, 0.25) is 0 Å². The summed E-state index contributed by atoms with van der Waals surface area (Å²) in [6, 6.07) is 8.55. The van der Waals surface area contributed by atoms with Gasteiger partial charge in [-0.3, -0.25) is 23.9 Å². The van der Waals surface area contributed by atoms with Crippen LogP contribution in [0, 0.1) is 11.8 Å². The second-order valence-electron chi connectivity index (χ2n) is 12.1. The maximum Gasteiger partial charge on any atom is 0.245 e. The van der Waals surface area contributed by atoms with Crippen molar-refractivity contribution in [1.29, 1.82) is 0 Å². The van der Waals surface area contributed by atoms with Crippen molar-refractivity contribution in [2.45, 2.75) is 84.2 Å². The summed E-state index contributed by atoms with van der Waals surface area (Å²) in [6.45, 7) is 9.16. The zero-order valence-corrected chi connectivity index (χ0v) is 26.2. The number of benzene rings is 1. The van der Waals surface area contributed by atoms with Crippen LogP contribution in [-0.2, 0) is 20.9 Å². The van der Waals surface area contributed by atoms with Gasteiger partial charge in [-0.1, -0.05) is 45.2 Å². The Bertz CT molecular complexity index is 1240. The minimum absolute atomic E-state index is 0.0561. The molecule has 2 fully saturated rings. The Balaban J connectivity index is 1.46. The molecule has 2 aromatic rings. The number of ketones is 1. The van der Waals surface area contributed by atoms with E-state index in [1.54, 1.807) is 23.9 Å². The van der Waals surface area contributed by atoms with E-state index in [1.807, 2.05) is 50.1 Å². The summed E-state index contributed by atoms with van der Waals surface area (Å²) in [5, 5.41) is 10.3. The molecule has 3 atom stereocenters. The van der Waals surface area contributed by atoms with Crippen molar-refractivity contribution < 1.29 is 19.2 Å². The number of hydrogen-bond donors (Lipinski definition) is 2. The van der Waals surface area contributed by atoms with Gasteiger partial charge in [0.25, 0.3) is 0 Å². The van der Waals surface area contributed by atoms with Crippen molar-refractivity contribution in [2.75, 3.05) is 38.5 Å². The first-order valence-electron chi connectivity index (χ1n) is 15.9. The first-order chi connectivity index (χ1) is 20.7. The highest BCUT2D eigenvalue weighted by Gasteiger charge is 2.34. The fourth-order valence-electron chi connectivity index (χ4n) is 6.33. The number of anilines is 1. The fourth-order valence-corrected chi connectivity index (χ4v) is 6.33. The third-order valence-electron chi connectivity index (χ3n) is 9.19. The number of Topliss-reactive ketones (excluding diaryl/α,β-unsaturated/α-hetero) is 1. The number of carbonyl (C=O) groups is 4. The standard InChI is InChI=1S/C33H48N6O4/c1-5-30(41)36-31(33(43)38-20-18-37(4)19-21-38)23(3)24-12-14-26(15-13-24)35-32(42)27(25-10-8-7-9-11-25)22-29(40)28-16-17-34-39(28)6-2/h12-17,23,25,27,31H,5-11,18-22H2,1-4H3,(H,35,42)(H,36,41)/t23-,27+,31-/m1/s1. The summed E-state index contributed by atoms with van der Waals surface area (Å²) in [6.07, 6.45) is 7.29. The second-order valence-corrected chi connectivity index (χ2v) is 12.1. The minimum Gasteiger partial charge on any atom is -0.344 e. The van der Waals surface area contributed by atoms with Crippen molar-refractivity contribution in [3.8, 4) is 0 Å². The van der Waals surface area contributed by atoms with Gasteiger partial charge in [0.1, 0.15) is 11.7 Å². The van der Waals surface area contributed by atoms with Gasteiger partial charge in [-0.15, -0.1) is 0 Å². The van der Waals surface area contributed by atoms with Gasteiger partial charge >= 0.3 is 0 Å². The molecular formula is C33H48N6O4. The summed E-state index contributed by atoms with van der Waals surface area (Å²) in [5.74, 6) is -0.928. The lowest BCUT2D eigenvalue weighted by atomic mass is 9.77. The molecule has 10 heteroatoms. The molecule has 1 saturated carbocycles. The molecule has 3 amide bonds. The quantitative estimate of drug-likeness (QED) is 0.359. The van der Waals surface area contributed by atoms with E-state index in [1.165, 1.54) is 0 Å². The van der Waals surface area contributed by atoms with E-state index in [-0.39, 0.29) is 41.8 Å². The van der Waals surface area contributed by atoms with Gasteiger partial charge in [-0.25, -0.2) is 0 Å². The van der Waals surface area contributed by atoms with Gasteiger partial charge in [0.15, 0.2) is 5.78 Å². The van der Waals surface area contributed by atoms with Crippen LogP contribution < -0.4 is 10.6 Å². The largest absolute Gasteiger partial charge is 0.344 e. The van der Waals surface area contributed by atoms with E-state index < -0.39 is 12.0 Å². The second kappa shape index (κ2) is 15.3. The Morgan fingerprint density at radius 2 is 1.63 bits per heavy atom. The molecule has 43 heavy (non-hydrogen) atoms. The summed E-state index contributed by atoms with van der Waals surface area (Å²) in [7, 11) is 2.04. The molecule has 0 radical (unpaired) electrons. The van der Waals surface area contributed by atoms with E-state index in [2.05, 4.69) is 20.6 Å². The number of rotatable bonds is 12. The maximum atomic E-state index is 13.7. The van der Waals surface area contributed by atoms with Crippen LogP contribution >= 0.6 is 0 Å². The van der Waals surface area contributed by atoms with Crippen LogP contribution in [0.15, 0.2) is 36.5 Å². The predicted octanol–water partition coefficient (Wildman–Crippen LogP) is 4.08. The van der Waals surface area contributed by atoms with E-state index in [4.69, 9.17) is 0 Å². The molecule has 0 unspecified atom stereocenters. The van der Waals surface area contributed by atoms with E-state index in [0.717, 1.165) is 50.8 Å². The first-order valence-corrected chi connectivity index (χ1v) is 15.9. The average molecular weight is 593 g/mol. The average Bonchev–Trinajstić information content (AvgIpc) is 3.52. The van der Waals surface area contributed by atoms with Gasteiger partial charge in [-0.05, 0) is 56.5 Å². The molecule has 2 heterocycles. The molecule has 1 saturated heterocycles. The molecule has 1 aliphatic carbocycles. The molecule has 234 valence electrons. The molecule has 10 nitrogen and oxygen atoms in total. The van der Waals surface area contributed by atoms with E-state index >= 15 is 0 Å². The number of nitrogens with one attached hydrogen (secondary N) is 2. The van der Waals surface area contributed by atoms with Crippen LogP contribution in [0.25, 0.3) is 0 Å². The zero-order chi connectivity index (χ0) is 30.9. The number of aryl methyl sites for hydroxylation is 1. The molecular weight excluding hydrogens is 544 g/mol. The first kappa shape index (κ1) is 32.4. The Hall–Kier alpha value is -3.53. The van der Waals surface area contributed by atoms with Crippen LogP contribution in [0.5, 0.6) is 0 Å². The predicted molar refractivity (Wildman–Crippen MR) is 167 cm³/mol. The summed E-state index contributed by atoms with van der Waals surface area (Å²) < 4.78 is 1.68. The zero-order valence-electron chi connectivity index (χ0n) is 26.2. The lowest BCUT2D eigenvalue weighted by Gasteiger charge is -2.36. The smallest absolute Gasteiger partial charge is 0.245 e. The lowest BCUT2D eigenvalue weighted by Crippen LogP contribution is -2.55. The number of carbonyl (C=O) groups excluding carboxylic acids is 4. The summed E-state index contributed by atoms with van der Waals surface area (Å²) in [5.41, 5.74) is 2.09. The van der Waals surface area contributed by atoms with Gasteiger partial charge in [0.2, 0.25) is 17.7 Å². The molecule has 4 rings (SSSR count). The van der Waals surface area contributed by atoms with E-state index in [9.17, 15) is 19.2 Å². The third kappa shape index (κ3) is 8.31. The number of amides is 3. The monoisotopic (exact) mass is 592 g/mol. The van der Waals surface area contributed by atoms with Crippen LogP contribution in [0.1, 0.15) is 87.7 Å². The van der Waals surface area contributed by atoms with E-state index in [0.29, 0.717) is 37.4 Å². The molecule has 0 bridgehead atoms. The molecule has 1 aliphatic heterocycles. The molecule has 2 N–H and O–H groups in total. The normalized spacial score (nSPS) is 18.5. The third-order valence-corrected chi connectivity index (χ3v) is 9.19. The van der Waals surface area contributed by atoms with Gasteiger partial charge in [0.05, 0.1) is 0 Å². The highest BCUT2D eigenvalue weighted by molar-refractivity contribution is 6.00. The van der Waals surface area contributed by atoms with Crippen LogP contribution in [-0.4, -0.2) is 82.4 Å². The Morgan fingerprint density at radius 3 is 2.26 bits per heavy atom. The van der Waals surface area contributed by atoms with Crippen LogP contribution in [0.4, 0.5) is 5.69 Å². The van der Waals surface area contributed by atoms with Crippen molar-refractivity contribution >= 4 is 29.2 Å². The number of nitrogens with zero attached hydrogens (tertiary/aromatic N) is 4. The number of aromatic nitrogens is 2. The van der Waals surface area contributed by atoms with Crippen molar-refractivity contribution in [3.05, 3.63) is 47.8 Å². The molecule has 2 aliphatic rings. The SMILES string of the molecule is CCC(=O)N[C@@H](C(=O)N1CCN(C)CC1)[C@H](C)c1ccc(NC(=O)[C@@H](CC(=O)c2ccnn2CC)C2CCCCC2)cc1. The highest BCUT2D eigenvalue weighted by Crippen LogP contribution is 2.34. The molecule has 1 aromatic heterocycles. The Labute approximate surface area is 255 Å².